The van der Waals surface area contributed by atoms with Gasteiger partial charge in [-0.25, -0.2) is 15.0 Å². The van der Waals surface area contributed by atoms with Gasteiger partial charge < -0.3 is 24.6 Å². The lowest BCUT2D eigenvalue weighted by atomic mass is 9.80. The molecule has 2 aliphatic heterocycles. The fourth-order valence-corrected chi connectivity index (χ4v) is 6.66. The Kier molecular flexibility index (Phi) is 5.49. The zero-order valence-corrected chi connectivity index (χ0v) is 20.3. The Bertz CT molecular complexity index is 1030. The average molecular weight is 472 g/mol. The molecule has 4 heterocycles. The Labute approximate surface area is 186 Å². The fraction of sp³-hybridized carbons (Fsp3) is 0.737. The topological polar surface area (TPSA) is 127 Å². The van der Waals surface area contributed by atoms with Crippen LogP contribution in [0.2, 0.25) is 0 Å². The van der Waals surface area contributed by atoms with Crippen LogP contribution in [-0.4, -0.2) is 54.4 Å². The van der Waals surface area contributed by atoms with Crippen molar-refractivity contribution in [2.75, 3.05) is 12.3 Å². The number of nitrogen functional groups attached to an aromatic ring is 1. The highest BCUT2D eigenvalue weighted by molar-refractivity contribution is 8.07. The normalized spacial score (nSPS) is 30.7. The molecule has 2 aliphatic rings. The summed E-state index contributed by atoms with van der Waals surface area (Å²) in [4.78, 5) is 23.5. The number of hydrogen-bond donors (Lipinski definition) is 2. The van der Waals surface area contributed by atoms with E-state index in [2.05, 4.69) is 35.7 Å². The van der Waals surface area contributed by atoms with Gasteiger partial charge in [0.2, 0.25) is 0 Å². The Morgan fingerprint density at radius 2 is 2.00 bits per heavy atom. The van der Waals surface area contributed by atoms with Gasteiger partial charge in [-0.2, -0.15) is 0 Å². The largest absolute Gasteiger partial charge is 0.382 e. The first-order valence-electron chi connectivity index (χ1n) is 10.1. The second-order valence-corrected chi connectivity index (χ2v) is 13.1. The molecule has 2 fully saturated rings. The molecule has 2 bridgehead atoms. The Morgan fingerprint density at radius 1 is 1.29 bits per heavy atom. The third-order valence-corrected chi connectivity index (χ3v) is 6.85. The first-order chi connectivity index (χ1) is 14.2. The van der Waals surface area contributed by atoms with E-state index in [1.165, 1.54) is 6.33 Å². The summed E-state index contributed by atoms with van der Waals surface area (Å²) in [6.45, 7) is 8.56. The number of imidazole rings is 1. The van der Waals surface area contributed by atoms with Gasteiger partial charge in [-0.05, 0) is 44.4 Å². The highest BCUT2D eigenvalue weighted by atomic mass is 32.5. The second kappa shape index (κ2) is 7.41. The Morgan fingerprint density at radius 3 is 2.65 bits per heavy atom. The van der Waals surface area contributed by atoms with Crippen molar-refractivity contribution in [3.63, 3.8) is 0 Å². The molecule has 4 rings (SSSR count). The highest BCUT2D eigenvalue weighted by Gasteiger charge is 2.65. The van der Waals surface area contributed by atoms with E-state index in [9.17, 15) is 4.89 Å². The molecule has 12 heteroatoms. The van der Waals surface area contributed by atoms with Crippen LogP contribution in [0.5, 0.6) is 0 Å². The van der Waals surface area contributed by atoms with Crippen molar-refractivity contribution in [2.45, 2.75) is 77.6 Å². The van der Waals surface area contributed by atoms with Crippen molar-refractivity contribution >= 4 is 35.5 Å². The van der Waals surface area contributed by atoms with E-state index >= 15 is 0 Å². The molecular formula is C19H30N5O5PS. The maximum absolute atomic E-state index is 10.8. The van der Waals surface area contributed by atoms with Crippen LogP contribution < -0.4 is 5.73 Å². The number of nitrogens with zero attached hydrogens (tertiary/aromatic N) is 4. The van der Waals surface area contributed by atoms with Gasteiger partial charge in [0.25, 0.3) is 0 Å². The van der Waals surface area contributed by atoms with E-state index in [4.69, 9.17) is 36.1 Å². The Hall–Kier alpha value is -1.20. The molecule has 10 nitrogen and oxygen atoms in total. The lowest BCUT2D eigenvalue weighted by molar-refractivity contribution is -0.182. The van der Waals surface area contributed by atoms with Crippen molar-refractivity contribution in [1.29, 1.82) is 0 Å². The first-order valence-corrected chi connectivity index (χ1v) is 12.7. The molecule has 2 saturated heterocycles. The summed E-state index contributed by atoms with van der Waals surface area (Å²) >= 11 is 5.34. The van der Waals surface area contributed by atoms with Crippen molar-refractivity contribution in [3.05, 3.63) is 12.7 Å². The smallest absolute Gasteiger partial charge is 0.325 e. The number of aromatic nitrogens is 4. The van der Waals surface area contributed by atoms with Gasteiger partial charge in [0, 0.05) is 0 Å². The maximum atomic E-state index is 10.8. The SMILES string of the molecule is CC(C)(C)C[C@]12COC(C1OP(O)(=S)OC(C)(C)C)[C@H](n1cnc3c(N)ncnc31)O2. The van der Waals surface area contributed by atoms with E-state index in [0.717, 1.165) is 0 Å². The van der Waals surface area contributed by atoms with Crippen LogP contribution in [0.1, 0.15) is 54.2 Å². The predicted octanol–water partition coefficient (Wildman–Crippen LogP) is 2.93. The van der Waals surface area contributed by atoms with E-state index in [0.29, 0.717) is 24.2 Å². The van der Waals surface area contributed by atoms with E-state index in [1.807, 2.05) is 20.8 Å². The highest BCUT2D eigenvalue weighted by Crippen LogP contribution is 2.58. The van der Waals surface area contributed by atoms with Crippen LogP contribution in [0, 0.1) is 5.41 Å². The molecule has 0 spiro atoms. The van der Waals surface area contributed by atoms with Crippen molar-refractivity contribution in [3.8, 4) is 0 Å². The Balaban J connectivity index is 1.72. The van der Waals surface area contributed by atoms with Crippen LogP contribution in [0.4, 0.5) is 5.82 Å². The molecule has 0 amide bonds. The van der Waals surface area contributed by atoms with Gasteiger partial charge in [-0.1, -0.05) is 20.8 Å². The third-order valence-electron chi connectivity index (χ3n) is 5.10. The summed E-state index contributed by atoms with van der Waals surface area (Å²) in [5, 5.41) is 0. The summed E-state index contributed by atoms with van der Waals surface area (Å²) < 4.78 is 26.3. The molecule has 5 atom stereocenters. The standard InChI is InChI=1S/C19H30N5O5PS/c1-17(2,3)7-19-8-26-12(13(19)28-30(25,31)29-18(4,5)6)16(27-19)24-10-23-11-14(20)21-9-22-15(11)24/h9-10,12-13,16H,7-8H2,1-6H3,(H,25,31)(H2,20,21,22)/t12?,13?,16-,19+,30?/m1/s1. The van der Waals surface area contributed by atoms with Crippen LogP contribution >= 0.6 is 6.72 Å². The first kappa shape index (κ1) is 23.0. The summed E-state index contributed by atoms with van der Waals surface area (Å²) in [6.07, 6.45) is 1.89. The van der Waals surface area contributed by atoms with Crippen LogP contribution in [0.25, 0.3) is 11.2 Å². The zero-order chi connectivity index (χ0) is 22.8. The average Bonchev–Trinajstić information content (AvgIpc) is 3.21. The van der Waals surface area contributed by atoms with Gasteiger partial charge in [0.05, 0.1) is 18.5 Å². The summed E-state index contributed by atoms with van der Waals surface area (Å²) in [6, 6.07) is 0. The quantitative estimate of drug-likeness (QED) is 0.628. The molecule has 2 aromatic rings. The molecule has 0 aromatic carbocycles. The molecule has 3 unspecified atom stereocenters. The van der Waals surface area contributed by atoms with E-state index in [-0.39, 0.29) is 11.2 Å². The lowest BCUT2D eigenvalue weighted by Gasteiger charge is -2.37. The minimum absolute atomic E-state index is 0.0960. The monoisotopic (exact) mass is 471 g/mol. The lowest BCUT2D eigenvalue weighted by Crippen LogP contribution is -2.44. The predicted molar refractivity (Wildman–Crippen MR) is 119 cm³/mol. The van der Waals surface area contributed by atoms with Crippen LogP contribution in [-0.2, 0) is 30.3 Å². The zero-order valence-electron chi connectivity index (χ0n) is 18.6. The van der Waals surface area contributed by atoms with Gasteiger partial charge in [-0.3, -0.25) is 9.09 Å². The summed E-state index contributed by atoms with van der Waals surface area (Å²) in [5.41, 5.74) is 5.40. The molecule has 0 radical (unpaired) electrons. The molecule has 31 heavy (non-hydrogen) atoms. The molecule has 3 N–H and O–H groups in total. The van der Waals surface area contributed by atoms with Crippen molar-refractivity contribution in [2.24, 2.45) is 5.41 Å². The van der Waals surface area contributed by atoms with Gasteiger partial charge in [0.15, 0.2) is 17.7 Å². The maximum Gasteiger partial charge on any atom is 0.325 e. The van der Waals surface area contributed by atoms with Crippen LogP contribution in [0.15, 0.2) is 12.7 Å². The van der Waals surface area contributed by atoms with E-state index in [1.54, 1.807) is 10.9 Å². The number of ether oxygens (including phenoxy) is 2. The number of fused-ring (bicyclic) bond motifs is 3. The van der Waals surface area contributed by atoms with Gasteiger partial charge in [0.1, 0.15) is 29.7 Å². The van der Waals surface area contributed by atoms with Gasteiger partial charge >= 0.3 is 6.72 Å². The van der Waals surface area contributed by atoms with Crippen molar-refractivity contribution in [1.82, 2.24) is 19.5 Å². The summed E-state index contributed by atoms with van der Waals surface area (Å²) in [5.74, 6) is 0.287. The van der Waals surface area contributed by atoms with Gasteiger partial charge in [-0.15, -0.1) is 0 Å². The number of hydrogen-bond acceptors (Lipinski definition) is 9. The number of nitrogens with two attached hydrogens (primary N) is 1. The molecule has 0 aliphatic carbocycles. The number of anilines is 1. The number of rotatable bonds is 5. The molecular weight excluding hydrogens is 441 g/mol. The molecule has 172 valence electrons. The van der Waals surface area contributed by atoms with Crippen LogP contribution in [0.3, 0.4) is 0 Å². The fourth-order valence-electron chi connectivity index (χ4n) is 4.38. The van der Waals surface area contributed by atoms with E-state index < -0.39 is 36.4 Å². The minimum atomic E-state index is -3.56. The molecule has 2 aromatic heterocycles. The summed E-state index contributed by atoms with van der Waals surface area (Å²) in [7, 11) is 0. The van der Waals surface area contributed by atoms with Crippen molar-refractivity contribution < 1.29 is 23.4 Å². The second-order valence-electron chi connectivity index (χ2n) is 10.4. The third kappa shape index (κ3) is 4.50. The molecule has 0 saturated carbocycles. The minimum Gasteiger partial charge on any atom is -0.382 e.